The Kier molecular flexibility index (Phi) is 8.70. The van der Waals surface area contributed by atoms with Crippen LogP contribution in [0.4, 0.5) is 30.7 Å². The van der Waals surface area contributed by atoms with Gasteiger partial charge in [0.1, 0.15) is 17.3 Å². The number of benzene rings is 3. The first-order chi connectivity index (χ1) is 21.9. The van der Waals surface area contributed by atoms with Crippen LogP contribution in [0.2, 0.25) is 0 Å². The van der Waals surface area contributed by atoms with E-state index in [1.165, 1.54) is 30.3 Å². The molecule has 0 aliphatic heterocycles. The lowest BCUT2D eigenvalue weighted by Gasteiger charge is -2.14. The molecule has 5 rings (SSSR count). The summed E-state index contributed by atoms with van der Waals surface area (Å²) < 4.78 is 130. The molecule has 248 valence electrons. The lowest BCUT2D eigenvalue weighted by Crippen LogP contribution is -2.16. The van der Waals surface area contributed by atoms with Gasteiger partial charge in [0.25, 0.3) is 0 Å². The van der Waals surface area contributed by atoms with Gasteiger partial charge in [-0.1, -0.05) is 19.9 Å². The highest BCUT2D eigenvalue weighted by Gasteiger charge is 2.34. The van der Waals surface area contributed by atoms with Gasteiger partial charge in [0, 0.05) is 35.1 Å². The average Bonchev–Trinajstić information content (AvgIpc) is 3.64. The third kappa shape index (κ3) is 7.17. The van der Waals surface area contributed by atoms with Crippen LogP contribution in [0.3, 0.4) is 0 Å². The second-order valence-corrected chi connectivity index (χ2v) is 12.7. The lowest BCUT2D eigenvalue weighted by molar-refractivity contribution is -0.274. The number of hydrogen-bond acceptors (Lipinski definition) is 7. The van der Waals surface area contributed by atoms with E-state index in [4.69, 9.17) is 4.42 Å². The van der Waals surface area contributed by atoms with Crippen LogP contribution in [-0.2, 0) is 22.6 Å². The molecule has 0 spiro atoms. The topological polar surface area (TPSA) is 107 Å². The SMILES string of the molecule is CC(C)c1nc(-c2ccc(OC(F)(F)F)cc2)c(-c2cc(-c3cc(F)c(CO)c(S(C)(=O)=O)c3)ccc2-n2ccc(C(F)(F)F)n2)o1. The van der Waals surface area contributed by atoms with Gasteiger partial charge in [0.05, 0.1) is 17.2 Å². The normalized spacial score (nSPS) is 12.6. The van der Waals surface area contributed by atoms with Crippen LogP contribution in [0.25, 0.3) is 39.4 Å². The average molecular weight is 684 g/mol. The van der Waals surface area contributed by atoms with Gasteiger partial charge in [-0.25, -0.2) is 22.5 Å². The zero-order valence-electron chi connectivity index (χ0n) is 24.6. The molecule has 0 unspecified atom stereocenters. The summed E-state index contributed by atoms with van der Waals surface area (Å²) in [5.74, 6) is -1.68. The molecule has 1 N–H and O–H groups in total. The third-order valence-electron chi connectivity index (χ3n) is 6.91. The first-order valence-electron chi connectivity index (χ1n) is 13.6. The van der Waals surface area contributed by atoms with Crippen molar-refractivity contribution in [1.82, 2.24) is 14.8 Å². The highest BCUT2D eigenvalue weighted by Crippen LogP contribution is 2.41. The van der Waals surface area contributed by atoms with Crippen molar-refractivity contribution in [3.63, 3.8) is 0 Å². The molecule has 0 radical (unpaired) electrons. The van der Waals surface area contributed by atoms with Crippen molar-refractivity contribution in [2.75, 3.05) is 6.26 Å². The maximum atomic E-state index is 15.1. The van der Waals surface area contributed by atoms with Crippen LogP contribution >= 0.6 is 0 Å². The third-order valence-corrected chi connectivity index (χ3v) is 8.08. The first kappa shape index (κ1) is 33.7. The van der Waals surface area contributed by atoms with E-state index in [1.54, 1.807) is 13.8 Å². The Hall–Kier alpha value is -4.70. The number of oxazole rings is 1. The van der Waals surface area contributed by atoms with E-state index in [0.717, 1.165) is 47.5 Å². The predicted molar refractivity (Wildman–Crippen MR) is 155 cm³/mol. The standard InChI is InChI=1S/C31H24F7N3O5S/c1-16(2)29-39-27(17-4-7-20(8-5-17)46-31(36,37)38)28(45-29)21-12-18(6-9-24(21)41-11-10-26(40-41)30(33,34)35)19-13-23(32)22(15-42)25(14-19)47(3,43)44/h4-14,16,42H,15H2,1-3H3. The van der Waals surface area contributed by atoms with E-state index in [2.05, 4.69) is 14.8 Å². The molecule has 0 fully saturated rings. The van der Waals surface area contributed by atoms with Crippen LogP contribution in [0.5, 0.6) is 5.75 Å². The Bertz CT molecular complexity index is 2050. The summed E-state index contributed by atoms with van der Waals surface area (Å²) in [4.78, 5) is 4.05. The summed E-state index contributed by atoms with van der Waals surface area (Å²) >= 11 is 0. The van der Waals surface area contributed by atoms with Crippen molar-refractivity contribution in [3.8, 4) is 45.1 Å². The number of rotatable bonds is 8. The van der Waals surface area contributed by atoms with Crippen molar-refractivity contribution in [2.24, 2.45) is 0 Å². The number of hydrogen-bond donors (Lipinski definition) is 1. The predicted octanol–water partition coefficient (Wildman–Crippen LogP) is 7.94. The molecule has 0 atom stereocenters. The van der Waals surface area contributed by atoms with Crippen molar-refractivity contribution in [2.45, 2.75) is 43.8 Å². The zero-order chi connectivity index (χ0) is 34.5. The molecule has 47 heavy (non-hydrogen) atoms. The van der Waals surface area contributed by atoms with E-state index in [1.807, 2.05) is 0 Å². The van der Waals surface area contributed by atoms with E-state index in [-0.39, 0.29) is 51.2 Å². The fourth-order valence-electron chi connectivity index (χ4n) is 4.75. The minimum atomic E-state index is -4.94. The van der Waals surface area contributed by atoms with Crippen molar-refractivity contribution in [3.05, 3.63) is 89.8 Å². The number of nitrogens with zero attached hydrogens (tertiary/aromatic N) is 3. The van der Waals surface area contributed by atoms with Gasteiger partial charge in [-0.05, 0) is 65.7 Å². The molecule has 2 heterocycles. The summed E-state index contributed by atoms with van der Waals surface area (Å²) in [5, 5.41) is 13.3. The van der Waals surface area contributed by atoms with E-state index in [0.29, 0.717) is 0 Å². The summed E-state index contributed by atoms with van der Waals surface area (Å²) in [5.41, 5.74) is -0.912. The number of ether oxygens (including phenoxy) is 1. The van der Waals surface area contributed by atoms with Gasteiger partial charge in [-0.2, -0.15) is 18.3 Å². The smallest absolute Gasteiger partial charge is 0.440 e. The van der Waals surface area contributed by atoms with Crippen LogP contribution in [0.15, 0.2) is 76.2 Å². The quantitative estimate of drug-likeness (QED) is 0.166. The van der Waals surface area contributed by atoms with Gasteiger partial charge in [-0.15, -0.1) is 13.2 Å². The van der Waals surface area contributed by atoms with Crippen LogP contribution < -0.4 is 4.74 Å². The fraction of sp³-hybridized carbons (Fsp3) is 0.226. The minimum absolute atomic E-state index is 0.0186. The molecule has 3 aromatic carbocycles. The molecule has 2 aromatic heterocycles. The Morgan fingerprint density at radius 3 is 2.15 bits per heavy atom. The Morgan fingerprint density at radius 2 is 1.60 bits per heavy atom. The Balaban J connectivity index is 1.77. The number of sulfone groups is 1. The number of alkyl halides is 6. The number of aromatic nitrogens is 3. The monoisotopic (exact) mass is 683 g/mol. The fourth-order valence-corrected chi connectivity index (χ4v) is 5.70. The van der Waals surface area contributed by atoms with Gasteiger partial charge in [-0.3, -0.25) is 0 Å². The maximum Gasteiger partial charge on any atom is 0.573 e. The molecular formula is C31H24F7N3O5S. The number of aliphatic hydroxyl groups is 1. The largest absolute Gasteiger partial charge is 0.573 e. The van der Waals surface area contributed by atoms with E-state index in [9.17, 15) is 39.9 Å². The summed E-state index contributed by atoms with van der Waals surface area (Å²) in [6.07, 6.45) is -7.82. The highest BCUT2D eigenvalue weighted by atomic mass is 32.2. The Morgan fingerprint density at radius 1 is 0.936 bits per heavy atom. The second kappa shape index (κ2) is 12.2. The molecule has 8 nitrogen and oxygen atoms in total. The van der Waals surface area contributed by atoms with Crippen molar-refractivity contribution >= 4 is 9.84 Å². The first-order valence-corrected chi connectivity index (χ1v) is 15.5. The summed E-state index contributed by atoms with van der Waals surface area (Å²) in [7, 11) is -4.02. The molecule has 0 bridgehead atoms. The van der Waals surface area contributed by atoms with Crippen molar-refractivity contribution < 1.29 is 53.4 Å². The van der Waals surface area contributed by atoms with Gasteiger partial charge in [0.15, 0.2) is 27.2 Å². The molecule has 0 amide bonds. The van der Waals surface area contributed by atoms with Crippen LogP contribution in [-0.4, -0.2) is 40.9 Å². The second-order valence-electron chi connectivity index (χ2n) is 10.7. The van der Waals surface area contributed by atoms with Gasteiger partial charge in [0.2, 0.25) is 0 Å². The molecule has 16 heteroatoms. The Labute approximate surface area is 263 Å². The van der Waals surface area contributed by atoms with Crippen LogP contribution in [0, 0.1) is 5.82 Å². The van der Waals surface area contributed by atoms with E-state index >= 15 is 4.39 Å². The highest BCUT2D eigenvalue weighted by molar-refractivity contribution is 7.90. The molecule has 0 saturated carbocycles. The number of halogens is 7. The van der Waals surface area contributed by atoms with Crippen LogP contribution in [0.1, 0.15) is 36.9 Å². The summed E-state index contributed by atoms with van der Waals surface area (Å²) in [6, 6.07) is 11.7. The van der Waals surface area contributed by atoms with Crippen molar-refractivity contribution in [1.29, 1.82) is 0 Å². The molecule has 5 aromatic rings. The van der Waals surface area contributed by atoms with E-state index < -0.39 is 56.7 Å². The minimum Gasteiger partial charge on any atom is -0.440 e. The molecule has 0 saturated heterocycles. The van der Waals surface area contributed by atoms with Gasteiger partial charge < -0.3 is 14.3 Å². The summed E-state index contributed by atoms with van der Waals surface area (Å²) in [6.45, 7) is 2.60. The van der Waals surface area contributed by atoms with Gasteiger partial charge >= 0.3 is 12.5 Å². The molecule has 0 aliphatic rings. The molecular weight excluding hydrogens is 659 g/mol. The zero-order valence-corrected chi connectivity index (χ0v) is 25.4. The maximum absolute atomic E-state index is 15.1. The molecule has 0 aliphatic carbocycles. The lowest BCUT2D eigenvalue weighted by atomic mass is 9.97. The number of aliphatic hydroxyl groups excluding tert-OH is 1.